The van der Waals surface area contributed by atoms with Crippen LogP contribution in [-0.4, -0.2) is 36.2 Å². The Labute approximate surface area is 164 Å². The predicted molar refractivity (Wildman–Crippen MR) is 106 cm³/mol. The smallest absolute Gasteiger partial charge is 0.265 e. The lowest BCUT2D eigenvalue weighted by atomic mass is 10.2. The van der Waals surface area contributed by atoms with Crippen molar-refractivity contribution in [2.24, 2.45) is 0 Å². The fourth-order valence-electron chi connectivity index (χ4n) is 2.86. The largest absolute Gasteiger partial charge is 0.495 e. The highest BCUT2D eigenvalue weighted by molar-refractivity contribution is 7.93. The topological polar surface area (TPSA) is 92.8 Å². The third kappa shape index (κ3) is 3.99. The normalized spacial score (nSPS) is 16.3. The van der Waals surface area contributed by atoms with Crippen molar-refractivity contribution in [2.45, 2.75) is 18.2 Å². The van der Waals surface area contributed by atoms with Gasteiger partial charge in [-0.05, 0) is 49.2 Å². The van der Waals surface area contributed by atoms with Crippen LogP contribution in [0.25, 0.3) is 0 Å². The highest BCUT2D eigenvalue weighted by Gasteiger charge is 2.29. The summed E-state index contributed by atoms with van der Waals surface area (Å²) >= 11 is 5.94. The summed E-state index contributed by atoms with van der Waals surface area (Å²) in [7, 11) is -5.99. The lowest BCUT2D eigenvalue weighted by Gasteiger charge is -2.19. The Bertz CT molecular complexity index is 1080. The van der Waals surface area contributed by atoms with Crippen molar-refractivity contribution < 1.29 is 21.6 Å². The molecule has 1 fully saturated rings. The van der Waals surface area contributed by atoms with Crippen molar-refractivity contribution in [1.29, 1.82) is 0 Å². The number of methoxy groups -OCH3 is 1. The summed E-state index contributed by atoms with van der Waals surface area (Å²) in [5, 5.41) is 0.254. The fourth-order valence-corrected chi connectivity index (χ4v) is 5.98. The number of benzene rings is 2. The summed E-state index contributed by atoms with van der Waals surface area (Å²) in [6.07, 6.45) is 0.539. The average molecular weight is 431 g/mol. The second-order valence-electron chi connectivity index (χ2n) is 6.14. The summed E-state index contributed by atoms with van der Waals surface area (Å²) < 4.78 is 58.9. The van der Waals surface area contributed by atoms with Gasteiger partial charge < -0.3 is 4.74 Å². The molecule has 0 aliphatic carbocycles. The van der Waals surface area contributed by atoms with Crippen LogP contribution in [0.5, 0.6) is 5.75 Å². The number of nitrogens with one attached hydrogen (secondary N) is 1. The molecule has 1 N–H and O–H groups in total. The van der Waals surface area contributed by atoms with Crippen LogP contribution in [0.1, 0.15) is 12.0 Å². The first kappa shape index (κ1) is 19.8. The summed E-state index contributed by atoms with van der Waals surface area (Å²) in [6.45, 7) is 2.11. The fraction of sp³-hybridized carbons (Fsp3) is 0.294. The van der Waals surface area contributed by atoms with Gasteiger partial charge in [0, 0.05) is 11.6 Å². The van der Waals surface area contributed by atoms with Crippen LogP contribution in [0.3, 0.4) is 0 Å². The number of sulfonamides is 2. The van der Waals surface area contributed by atoms with E-state index in [4.69, 9.17) is 16.3 Å². The van der Waals surface area contributed by atoms with E-state index < -0.39 is 20.0 Å². The summed E-state index contributed by atoms with van der Waals surface area (Å²) in [6, 6.07) is 9.16. The molecule has 0 atom stereocenters. The minimum absolute atomic E-state index is 0.0850. The van der Waals surface area contributed by atoms with E-state index in [-0.39, 0.29) is 27.1 Å². The zero-order chi connectivity index (χ0) is 19.8. The third-order valence-electron chi connectivity index (χ3n) is 4.27. The third-order valence-corrected chi connectivity index (χ3v) is 7.76. The first-order valence-electron chi connectivity index (χ1n) is 8.11. The Kier molecular flexibility index (Phi) is 5.29. The second kappa shape index (κ2) is 7.21. The summed E-state index contributed by atoms with van der Waals surface area (Å²) in [5.74, 6) is 0.240. The first-order valence-corrected chi connectivity index (χ1v) is 11.6. The standard InChI is InChI=1S/C17H19ClN2O5S2/c1-12-4-6-14(20-8-3-9-26(20,21)22)11-15(12)19-27(23,24)17-10-13(18)5-7-16(17)25-2/h4-7,10-11,19H,3,8-9H2,1-2H3. The molecule has 27 heavy (non-hydrogen) atoms. The van der Waals surface area contributed by atoms with Crippen LogP contribution in [0.15, 0.2) is 41.3 Å². The summed E-state index contributed by atoms with van der Waals surface area (Å²) in [4.78, 5) is -0.101. The van der Waals surface area contributed by atoms with Crippen molar-refractivity contribution >= 4 is 43.0 Å². The highest BCUT2D eigenvalue weighted by atomic mass is 35.5. The molecule has 0 radical (unpaired) electrons. The molecule has 10 heteroatoms. The zero-order valence-corrected chi connectivity index (χ0v) is 17.2. The van der Waals surface area contributed by atoms with Crippen LogP contribution in [0, 0.1) is 6.92 Å². The van der Waals surface area contributed by atoms with Crippen LogP contribution < -0.4 is 13.8 Å². The molecule has 1 heterocycles. The molecule has 1 saturated heterocycles. The lowest BCUT2D eigenvalue weighted by Crippen LogP contribution is -2.25. The molecular weight excluding hydrogens is 412 g/mol. The number of halogens is 1. The summed E-state index contributed by atoms with van der Waals surface area (Å²) in [5.41, 5.74) is 1.37. The lowest BCUT2D eigenvalue weighted by molar-refractivity contribution is 0.403. The van der Waals surface area contributed by atoms with Gasteiger partial charge in [0.15, 0.2) is 0 Å². The van der Waals surface area contributed by atoms with Crippen LogP contribution >= 0.6 is 11.6 Å². The van der Waals surface area contributed by atoms with Gasteiger partial charge in [-0.25, -0.2) is 16.8 Å². The van der Waals surface area contributed by atoms with Gasteiger partial charge in [0.1, 0.15) is 10.6 Å². The Morgan fingerprint density at radius 2 is 1.93 bits per heavy atom. The Morgan fingerprint density at radius 1 is 1.19 bits per heavy atom. The van der Waals surface area contributed by atoms with Crippen molar-refractivity contribution in [2.75, 3.05) is 28.4 Å². The molecule has 146 valence electrons. The first-order chi connectivity index (χ1) is 12.6. The molecule has 0 spiro atoms. The van der Waals surface area contributed by atoms with E-state index in [9.17, 15) is 16.8 Å². The highest BCUT2D eigenvalue weighted by Crippen LogP contribution is 2.32. The van der Waals surface area contributed by atoms with Gasteiger partial charge in [0.2, 0.25) is 10.0 Å². The Morgan fingerprint density at radius 3 is 2.56 bits per heavy atom. The number of rotatable bonds is 5. The van der Waals surface area contributed by atoms with Gasteiger partial charge >= 0.3 is 0 Å². The molecule has 7 nitrogen and oxygen atoms in total. The average Bonchev–Trinajstić information content (AvgIpc) is 2.96. The zero-order valence-electron chi connectivity index (χ0n) is 14.8. The molecule has 0 bridgehead atoms. The number of hydrogen-bond donors (Lipinski definition) is 1. The van der Waals surface area contributed by atoms with Crippen molar-refractivity contribution in [3.63, 3.8) is 0 Å². The van der Waals surface area contributed by atoms with Crippen molar-refractivity contribution in [3.05, 3.63) is 47.0 Å². The van der Waals surface area contributed by atoms with Crippen molar-refractivity contribution in [3.8, 4) is 5.75 Å². The van der Waals surface area contributed by atoms with Crippen LogP contribution in [0.2, 0.25) is 5.02 Å². The Hall–Kier alpha value is -1.97. The number of hydrogen-bond acceptors (Lipinski definition) is 5. The van der Waals surface area contributed by atoms with Gasteiger partial charge in [-0.1, -0.05) is 17.7 Å². The molecule has 1 aliphatic heterocycles. The molecule has 2 aromatic carbocycles. The molecule has 3 rings (SSSR count). The van der Waals surface area contributed by atoms with Gasteiger partial charge in [-0.15, -0.1) is 0 Å². The molecule has 0 unspecified atom stereocenters. The van der Waals surface area contributed by atoms with Gasteiger partial charge in [0.25, 0.3) is 10.0 Å². The molecular formula is C17H19ClN2O5S2. The number of ether oxygens (including phenoxy) is 1. The van der Waals surface area contributed by atoms with Gasteiger partial charge in [-0.3, -0.25) is 9.03 Å². The molecule has 2 aromatic rings. The van der Waals surface area contributed by atoms with E-state index in [0.717, 1.165) is 0 Å². The van der Waals surface area contributed by atoms with E-state index in [1.54, 1.807) is 19.1 Å². The quantitative estimate of drug-likeness (QED) is 0.787. The van der Waals surface area contributed by atoms with E-state index >= 15 is 0 Å². The van der Waals surface area contributed by atoms with Gasteiger partial charge in [0.05, 0.1) is 24.2 Å². The number of nitrogens with zero attached hydrogens (tertiary/aromatic N) is 1. The second-order valence-corrected chi connectivity index (χ2v) is 10.2. The maximum Gasteiger partial charge on any atom is 0.265 e. The van der Waals surface area contributed by atoms with Crippen LogP contribution in [-0.2, 0) is 20.0 Å². The predicted octanol–water partition coefficient (Wildman–Crippen LogP) is 3.00. The maximum atomic E-state index is 12.9. The SMILES string of the molecule is COc1ccc(Cl)cc1S(=O)(=O)Nc1cc(N2CCCS2(=O)=O)ccc1C. The van der Waals surface area contributed by atoms with Gasteiger partial charge in [-0.2, -0.15) is 0 Å². The molecule has 1 aliphatic rings. The van der Waals surface area contributed by atoms with E-state index in [1.165, 1.54) is 35.7 Å². The van der Waals surface area contributed by atoms with Crippen molar-refractivity contribution in [1.82, 2.24) is 0 Å². The number of aryl methyl sites for hydroxylation is 1. The molecule has 0 saturated carbocycles. The number of anilines is 2. The maximum absolute atomic E-state index is 12.9. The van der Waals surface area contributed by atoms with E-state index in [0.29, 0.717) is 24.2 Å². The van der Waals surface area contributed by atoms with E-state index in [1.807, 2.05) is 0 Å². The minimum Gasteiger partial charge on any atom is -0.495 e. The minimum atomic E-state index is -4.00. The van der Waals surface area contributed by atoms with Crippen LogP contribution in [0.4, 0.5) is 11.4 Å². The Balaban J connectivity index is 2.00. The monoisotopic (exact) mass is 430 g/mol. The molecule has 0 aromatic heterocycles. The molecule has 0 amide bonds. The van der Waals surface area contributed by atoms with E-state index in [2.05, 4.69) is 4.72 Å².